The van der Waals surface area contributed by atoms with Crippen molar-refractivity contribution in [3.63, 3.8) is 0 Å². The molecule has 1 fully saturated rings. The molecule has 4 rings (SSSR count). The molecule has 1 aliphatic rings. The zero-order valence-corrected chi connectivity index (χ0v) is 19.8. The minimum atomic E-state index is -0.594. The third-order valence-corrected chi connectivity index (χ3v) is 5.54. The van der Waals surface area contributed by atoms with Crippen LogP contribution in [0.3, 0.4) is 0 Å². The number of morpholine rings is 1. The van der Waals surface area contributed by atoms with Crippen molar-refractivity contribution >= 4 is 11.9 Å². The molecule has 0 aliphatic carbocycles. The summed E-state index contributed by atoms with van der Waals surface area (Å²) in [6.45, 7) is 8.34. The minimum absolute atomic E-state index is 0.0650. The number of nitrogens with zero attached hydrogens (tertiary/aromatic N) is 4. The fourth-order valence-electron chi connectivity index (χ4n) is 4.20. The number of nitrogens with one attached hydrogen (secondary N) is 1. The standard InChI is InChI=1S/C26H31N5O3/c1-26(2,3)34-25(32)30-22-10-4-9-21(29-22)24(31-13-15-33-16-14-31)23(19-7-5-11-27-17-19)20-8-6-12-28-18-20/h4-12,17-18,23-24H,13-16H2,1-3H3,(H,29,30,32). The van der Waals surface area contributed by atoms with E-state index in [0.29, 0.717) is 19.0 Å². The highest BCUT2D eigenvalue weighted by Gasteiger charge is 2.34. The number of ether oxygens (including phenoxy) is 2. The molecule has 1 amide bonds. The highest BCUT2D eigenvalue weighted by Crippen LogP contribution is 2.40. The maximum absolute atomic E-state index is 12.4. The van der Waals surface area contributed by atoms with Crippen molar-refractivity contribution in [2.24, 2.45) is 0 Å². The third-order valence-electron chi connectivity index (χ3n) is 5.54. The lowest BCUT2D eigenvalue weighted by Gasteiger charge is -2.39. The first-order valence-corrected chi connectivity index (χ1v) is 11.5. The Morgan fingerprint density at radius 2 is 1.65 bits per heavy atom. The predicted octanol–water partition coefficient (Wildman–Crippen LogP) is 4.42. The summed E-state index contributed by atoms with van der Waals surface area (Å²) in [5, 5.41) is 2.77. The van der Waals surface area contributed by atoms with Crippen molar-refractivity contribution in [3.8, 4) is 0 Å². The second-order valence-corrected chi connectivity index (χ2v) is 9.22. The van der Waals surface area contributed by atoms with Crippen molar-refractivity contribution in [1.29, 1.82) is 0 Å². The maximum Gasteiger partial charge on any atom is 0.413 e. The van der Waals surface area contributed by atoms with E-state index in [1.807, 2.05) is 57.4 Å². The molecule has 1 unspecified atom stereocenters. The lowest BCUT2D eigenvalue weighted by Crippen LogP contribution is -2.42. The molecule has 8 nitrogen and oxygen atoms in total. The van der Waals surface area contributed by atoms with Crippen LogP contribution in [0.5, 0.6) is 0 Å². The highest BCUT2D eigenvalue weighted by molar-refractivity contribution is 5.83. The Hall–Kier alpha value is -3.36. The van der Waals surface area contributed by atoms with Gasteiger partial charge in [-0.1, -0.05) is 18.2 Å². The molecule has 0 aromatic carbocycles. The van der Waals surface area contributed by atoms with Crippen molar-refractivity contribution in [3.05, 3.63) is 84.1 Å². The lowest BCUT2D eigenvalue weighted by atomic mass is 9.83. The zero-order chi connectivity index (χ0) is 24.0. The SMILES string of the molecule is CC(C)(C)OC(=O)Nc1cccc(C(C(c2cccnc2)c2cccnc2)N2CCOCC2)n1. The molecule has 3 aromatic rings. The average molecular weight is 462 g/mol. The number of hydrogen-bond acceptors (Lipinski definition) is 7. The Labute approximate surface area is 200 Å². The summed E-state index contributed by atoms with van der Waals surface area (Å²) < 4.78 is 11.1. The van der Waals surface area contributed by atoms with Gasteiger partial charge in [-0.3, -0.25) is 20.2 Å². The van der Waals surface area contributed by atoms with Crippen molar-refractivity contribution in [1.82, 2.24) is 19.9 Å². The maximum atomic E-state index is 12.4. The van der Waals surface area contributed by atoms with Gasteiger partial charge in [0.05, 0.1) is 24.9 Å². The number of pyridine rings is 3. The largest absolute Gasteiger partial charge is 0.444 e. The van der Waals surface area contributed by atoms with Crippen molar-refractivity contribution in [2.75, 3.05) is 31.6 Å². The number of hydrogen-bond donors (Lipinski definition) is 1. The monoisotopic (exact) mass is 461 g/mol. The van der Waals surface area contributed by atoms with Crippen molar-refractivity contribution in [2.45, 2.75) is 38.3 Å². The molecule has 0 spiro atoms. The number of anilines is 1. The normalized spacial score (nSPS) is 15.6. The summed E-state index contributed by atoms with van der Waals surface area (Å²) in [5.41, 5.74) is 2.38. The number of aromatic nitrogens is 3. The van der Waals surface area contributed by atoms with Gasteiger partial charge in [0.25, 0.3) is 0 Å². The van der Waals surface area contributed by atoms with E-state index in [9.17, 15) is 4.79 Å². The van der Waals surface area contributed by atoms with E-state index in [-0.39, 0.29) is 12.0 Å². The Balaban J connectivity index is 1.75. The van der Waals surface area contributed by atoms with Crippen LogP contribution in [0.2, 0.25) is 0 Å². The fourth-order valence-corrected chi connectivity index (χ4v) is 4.20. The molecule has 1 saturated heterocycles. The molecule has 4 heterocycles. The summed E-state index contributed by atoms with van der Waals surface area (Å²) in [6, 6.07) is 13.6. The molecule has 3 aromatic heterocycles. The van der Waals surface area contributed by atoms with Crippen LogP contribution in [0.1, 0.15) is 49.6 Å². The Bertz CT molecular complexity index is 1030. The van der Waals surface area contributed by atoms with E-state index in [1.54, 1.807) is 18.5 Å². The first-order valence-electron chi connectivity index (χ1n) is 11.5. The van der Waals surface area contributed by atoms with Crippen LogP contribution in [-0.4, -0.2) is 57.8 Å². The third kappa shape index (κ3) is 6.15. The fraction of sp³-hybridized carbons (Fsp3) is 0.385. The van der Waals surface area contributed by atoms with Gasteiger partial charge >= 0.3 is 6.09 Å². The quantitative estimate of drug-likeness (QED) is 0.581. The summed E-state index contributed by atoms with van der Waals surface area (Å²) in [4.78, 5) is 28.4. The van der Waals surface area contributed by atoms with E-state index >= 15 is 0 Å². The lowest BCUT2D eigenvalue weighted by molar-refractivity contribution is 0.0115. The minimum Gasteiger partial charge on any atom is -0.444 e. The van der Waals surface area contributed by atoms with E-state index in [2.05, 4.69) is 32.3 Å². The topological polar surface area (TPSA) is 89.5 Å². The van der Waals surface area contributed by atoms with Crippen LogP contribution in [0.15, 0.2) is 67.3 Å². The summed E-state index contributed by atoms with van der Waals surface area (Å²) in [7, 11) is 0. The van der Waals surface area contributed by atoms with Gasteiger partial charge in [0.1, 0.15) is 11.4 Å². The molecule has 1 aliphatic heterocycles. The molecule has 0 saturated carbocycles. The van der Waals surface area contributed by atoms with Crippen LogP contribution in [0, 0.1) is 0 Å². The Morgan fingerprint density at radius 3 is 2.21 bits per heavy atom. The van der Waals surface area contributed by atoms with E-state index < -0.39 is 11.7 Å². The van der Waals surface area contributed by atoms with Gasteiger partial charge in [-0.2, -0.15) is 0 Å². The second kappa shape index (κ2) is 10.7. The highest BCUT2D eigenvalue weighted by atomic mass is 16.6. The molecule has 178 valence electrons. The van der Waals surface area contributed by atoms with E-state index in [0.717, 1.165) is 29.9 Å². The Kier molecular flexibility index (Phi) is 7.49. The zero-order valence-electron chi connectivity index (χ0n) is 19.8. The van der Waals surface area contributed by atoms with Gasteiger partial charge in [0.15, 0.2) is 0 Å². The number of rotatable bonds is 6. The molecule has 8 heteroatoms. The van der Waals surface area contributed by atoms with Crippen LogP contribution in [-0.2, 0) is 9.47 Å². The smallest absolute Gasteiger partial charge is 0.413 e. The molecule has 0 radical (unpaired) electrons. The van der Waals surface area contributed by atoms with E-state index in [1.165, 1.54) is 0 Å². The first kappa shape index (κ1) is 23.8. The predicted molar refractivity (Wildman–Crippen MR) is 130 cm³/mol. The van der Waals surface area contributed by atoms with Crippen LogP contribution >= 0.6 is 0 Å². The van der Waals surface area contributed by atoms with Crippen LogP contribution < -0.4 is 5.32 Å². The molecular formula is C26H31N5O3. The van der Waals surface area contributed by atoms with Gasteiger partial charge in [-0.25, -0.2) is 9.78 Å². The molecule has 1 N–H and O–H groups in total. The molecule has 34 heavy (non-hydrogen) atoms. The van der Waals surface area contributed by atoms with Crippen LogP contribution in [0.25, 0.3) is 0 Å². The van der Waals surface area contributed by atoms with Crippen molar-refractivity contribution < 1.29 is 14.3 Å². The number of carbonyl (C=O) groups is 1. The van der Waals surface area contributed by atoms with Gasteiger partial charge in [-0.05, 0) is 56.2 Å². The average Bonchev–Trinajstić information content (AvgIpc) is 2.83. The van der Waals surface area contributed by atoms with Gasteiger partial charge in [-0.15, -0.1) is 0 Å². The van der Waals surface area contributed by atoms with Gasteiger partial charge in [0.2, 0.25) is 0 Å². The summed E-state index contributed by atoms with van der Waals surface area (Å²) in [6.07, 6.45) is 6.81. The van der Waals surface area contributed by atoms with Gasteiger partial charge < -0.3 is 9.47 Å². The first-order chi connectivity index (χ1) is 16.4. The Morgan fingerprint density at radius 1 is 1.00 bits per heavy atom. The molecule has 1 atom stereocenters. The summed E-state index contributed by atoms with van der Waals surface area (Å²) in [5.74, 6) is 0.380. The van der Waals surface area contributed by atoms with E-state index in [4.69, 9.17) is 14.5 Å². The second-order valence-electron chi connectivity index (χ2n) is 9.22. The van der Waals surface area contributed by atoms with Gasteiger partial charge in [0, 0.05) is 43.8 Å². The summed E-state index contributed by atoms with van der Waals surface area (Å²) >= 11 is 0. The number of carbonyl (C=O) groups excluding carboxylic acids is 1. The molecule has 0 bridgehead atoms. The van der Waals surface area contributed by atoms with Crippen LogP contribution in [0.4, 0.5) is 10.6 Å². The molecular weight excluding hydrogens is 430 g/mol. The number of amides is 1.